The monoisotopic (exact) mass is 401 g/mol. The van der Waals surface area contributed by atoms with E-state index in [0.29, 0.717) is 50.3 Å². The number of carbonyl (C=O) groups is 2. The number of likely N-dealkylation sites (tertiary alicyclic amines) is 1. The van der Waals surface area contributed by atoms with Gasteiger partial charge in [0.15, 0.2) is 0 Å². The minimum absolute atomic E-state index is 0.0355. The minimum Gasteiger partial charge on any atom is -0.342 e. The average Bonchev–Trinajstić information content (AvgIpc) is 2.93. The van der Waals surface area contributed by atoms with Gasteiger partial charge in [-0.25, -0.2) is 4.39 Å². The second-order valence-corrected chi connectivity index (χ2v) is 8.58. The highest BCUT2D eigenvalue weighted by molar-refractivity contribution is 5.85. The number of rotatable bonds is 7. The number of halogens is 1. The molecule has 0 radical (unpaired) electrons. The van der Waals surface area contributed by atoms with Crippen LogP contribution in [0.4, 0.5) is 4.39 Å². The Morgan fingerprint density at radius 2 is 2.03 bits per heavy atom. The van der Waals surface area contributed by atoms with Crippen LogP contribution in [0.3, 0.4) is 0 Å². The summed E-state index contributed by atoms with van der Waals surface area (Å²) in [6, 6.07) is 6.37. The predicted octanol–water partition coefficient (Wildman–Crippen LogP) is 3.46. The molecular weight excluding hydrogens is 369 g/mol. The normalized spacial score (nSPS) is 21.2. The molecule has 1 spiro atoms. The van der Waals surface area contributed by atoms with E-state index >= 15 is 0 Å². The molecule has 2 aliphatic rings. The SMILES string of the molecule is C=CCCC(=O)N1CCC2(CC1)NC(CC(C)C)C(=O)N2Cc1ccccc1F. The summed E-state index contributed by atoms with van der Waals surface area (Å²) in [6.45, 7) is 9.31. The summed E-state index contributed by atoms with van der Waals surface area (Å²) in [5, 5.41) is 3.58. The lowest BCUT2D eigenvalue weighted by Crippen LogP contribution is -2.59. The second-order valence-electron chi connectivity index (χ2n) is 8.58. The van der Waals surface area contributed by atoms with Crippen LogP contribution in [0, 0.1) is 11.7 Å². The van der Waals surface area contributed by atoms with Gasteiger partial charge < -0.3 is 9.80 Å². The summed E-state index contributed by atoms with van der Waals surface area (Å²) in [7, 11) is 0. The molecule has 5 nitrogen and oxygen atoms in total. The Morgan fingerprint density at radius 1 is 1.34 bits per heavy atom. The number of benzene rings is 1. The number of amides is 2. The highest BCUT2D eigenvalue weighted by atomic mass is 19.1. The van der Waals surface area contributed by atoms with E-state index in [9.17, 15) is 14.0 Å². The van der Waals surface area contributed by atoms with E-state index in [2.05, 4.69) is 25.7 Å². The summed E-state index contributed by atoms with van der Waals surface area (Å²) in [5.74, 6) is 0.249. The fraction of sp³-hybridized carbons (Fsp3) is 0.565. The Bertz CT molecular complexity index is 756. The van der Waals surface area contributed by atoms with Crippen LogP contribution in [0.1, 0.15) is 51.5 Å². The lowest BCUT2D eigenvalue weighted by atomic mass is 9.94. The summed E-state index contributed by atoms with van der Waals surface area (Å²) in [5.41, 5.74) is 0.00503. The van der Waals surface area contributed by atoms with Gasteiger partial charge in [0.2, 0.25) is 11.8 Å². The molecule has 6 heteroatoms. The average molecular weight is 402 g/mol. The Morgan fingerprint density at radius 3 is 2.66 bits per heavy atom. The van der Waals surface area contributed by atoms with E-state index in [0.717, 1.165) is 6.42 Å². The maximum Gasteiger partial charge on any atom is 0.241 e. The highest BCUT2D eigenvalue weighted by Crippen LogP contribution is 2.35. The lowest BCUT2D eigenvalue weighted by molar-refractivity contribution is -0.137. The molecule has 0 aromatic heterocycles. The standard InChI is InChI=1S/C23H32FN3O2/c1-4-5-10-21(28)26-13-11-23(12-14-26)25-20(15-17(2)3)22(29)27(23)16-18-8-6-7-9-19(18)24/h4,6-9,17,20,25H,1,5,10-16H2,2-3H3. The van der Waals surface area contributed by atoms with Gasteiger partial charge in [0.25, 0.3) is 0 Å². The van der Waals surface area contributed by atoms with Crippen LogP contribution < -0.4 is 5.32 Å². The van der Waals surface area contributed by atoms with Gasteiger partial charge >= 0.3 is 0 Å². The number of hydrogen-bond donors (Lipinski definition) is 1. The highest BCUT2D eigenvalue weighted by Gasteiger charge is 2.51. The van der Waals surface area contributed by atoms with E-state index in [4.69, 9.17) is 0 Å². The fourth-order valence-electron chi connectivity index (χ4n) is 4.44. The van der Waals surface area contributed by atoms with Crippen molar-refractivity contribution >= 4 is 11.8 Å². The number of nitrogens with one attached hydrogen (secondary N) is 1. The van der Waals surface area contributed by atoms with Crippen molar-refractivity contribution in [3.63, 3.8) is 0 Å². The predicted molar refractivity (Wildman–Crippen MR) is 111 cm³/mol. The van der Waals surface area contributed by atoms with Crippen molar-refractivity contribution in [2.24, 2.45) is 5.92 Å². The van der Waals surface area contributed by atoms with Crippen LogP contribution in [0.2, 0.25) is 0 Å². The van der Waals surface area contributed by atoms with Gasteiger partial charge in [0.05, 0.1) is 18.2 Å². The molecule has 2 aliphatic heterocycles. The fourth-order valence-corrected chi connectivity index (χ4v) is 4.44. The van der Waals surface area contributed by atoms with Crippen molar-refractivity contribution in [1.82, 2.24) is 15.1 Å². The van der Waals surface area contributed by atoms with Crippen molar-refractivity contribution in [3.8, 4) is 0 Å². The summed E-state index contributed by atoms with van der Waals surface area (Å²) < 4.78 is 14.3. The number of nitrogens with zero attached hydrogens (tertiary/aromatic N) is 2. The molecule has 158 valence electrons. The van der Waals surface area contributed by atoms with Crippen molar-refractivity contribution in [2.75, 3.05) is 13.1 Å². The summed E-state index contributed by atoms with van der Waals surface area (Å²) >= 11 is 0. The summed E-state index contributed by atoms with van der Waals surface area (Å²) in [4.78, 5) is 29.3. The molecule has 29 heavy (non-hydrogen) atoms. The topological polar surface area (TPSA) is 52.7 Å². The van der Waals surface area contributed by atoms with E-state index < -0.39 is 5.66 Å². The Hall–Kier alpha value is -2.21. The molecule has 1 unspecified atom stereocenters. The third-order valence-corrected chi connectivity index (χ3v) is 6.02. The van der Waals surface area contributed by atoms with Crippen LogP contribution in [0.5, 0.6) is 0 Å². The number of piperidine rings is 1. The first-order valence-corrected chi connectivity index (χ1v) is 10.6. The third-order valence-electron chi connectivity index (χ3n) is 6.02. The molecule has 0 aliphatic carbocycles. The van der Waals surface area contributed by atoms with Gasteiger partial charge in [-0.05, 0) is 24.8 Å². The van der Waals surface area contributed by atoms with Gasteiger partial charge in [-0.2, -0.15) is 0 Å². The minimum atomic E-state index is -0.520. The number of allylic oxidation sites excluding steroid dienone is 1. The summed E-state index contributed by atoms with van der Waals surface area (Å²) in [6.07, 6.45) is 4.96. The molecule has 1 atom stereocenters. The number of carbonyl (C=O) groups excluding carboxylic acids is 2. The Balaban J connectivity index is 1.78. The zero-order valence-electron chi connectivity index (χ0n) is 17.5. The van der Waals surface area contributed by atoms with Crippen LogP contribution >= 0.6 is 0 Å². The molecule has 3 rings (SSSR count). The maximum atomic E-state index is 14.3. The second kappa shape index (κ2) is 9.08. The van der Waals surface area contributed by atoms with Crippen LogP contribution in [-0.2, 0) is 16.1 Å². The zero-order valence-corrected chi connectivity index (χ0v) is 17.5. The Kier molecular flexibility index (Phi) is 6.73. The maximum absolute atomic E-state index is 14.3. The smallest absolute Gasteiger partial charge is 0.241 e. The molecule has 1 aromatic carbocycles. The molecule has 2 saturated heterocycles. The van der Waals surface area contributed by atoms with E-state index in [-0.39, 0.29) is 30.2 Å². The first-order valence-electron chi connectivity index (χ1n) is 10.6. The largest absolute Gasteiger partial charge is 0.342 e. The molecule has 0 bridgehead atoms. The Labute approximate surface area is 172 Å². The zero-order chi connectivity index (χ0) is 21.0. The van der Waals surface area contributed by atoms with Crippen LogP contribution in [0.15, 0.2) is 36.9 Å². The number of hydrogen-bond acceptors (Lipinski definition) is 3. The van der Waals surface area contributed by atoms with E-state index in [1.165, 1.54) is 6.07 Å². The molecule has 1 N–H and O–H groups in total. The van der Waals surface area contributed by atoms with Crippen LogP contribution in [0.25, 0.3) is 0 Å². The van der Waals surface area contributed by atoms with Gasteiger partial charge in [-0.3, -0.25) is 14.9 Å². The molecule has 2 heterocycles. The van der Waals surface area contributed by atoms with E-state index in [1.807, 2.05) is 9.80 Å². The van der Waals surface area contributed by atoms with Crippen LogP contribution in [-0.4, -0.2) is 46.4 Å². The first kappa shape index (κ1) is 21.5. The van der Waals surface area contributed by atoms with Gasteiger partial charge in [0.1, 0.15) is 5.82 Å². The van der Waals surface area contributed by atoms with Crippen molar-refractivity contribution in [1.29, 1.82) is 0 Å². The van der Waals surface area contributed by atoms with Crippen molar-refractivity contribution < 1.29 is 14.0 Å². The van der Waals surface area contributed by atoms with Crippen molar-refractivity contribution in [3.05, 3.63) is 48.3 Å². The molecule has 1 aromatic rings. The van der Waals surface area contributed by atoms with Gasteiger partial charge in [0, 0.05) is 37.9 Å². The molecular formula is C23H32FN3O2. The molecule has 0 saturated carbocycles. The quantitative estimate of drug-likeness (QED) is 0.712. The lowest BCUT2D eigenvalue weighted by Gasteiger charge is -2.44. The van der Waals surface area contributed by atoms with Gasteiger partial charge in [-0.15, -0.1) is 6.58 Å². The van der Waals surface area contributed by atoms with E-state index in [1.54, 1.807) is 24.3 Å². The molecule has 2 amide bonds. The first-order chi connectivity index (χ1) is 13.9. The van der Waals surface area contributed by atoms with Gasteiger partial charge in [-0.1, -0.05) is 38.1 Å². The van der Waals surface area contributed by atoms with Crippen molar-refractivity contribution in [2.45, 2.75) is 64.2 Å². The third kappa shape index (κ3) is 4.69. The molecule has 2 fully saturated rings.